The highest BCUT2D eigenvalue weighted by Gasteiger charge is 1.97. The topological polar surface area (TPSA) is 21.3 Å². The fourth-order valence-electron chi connectivity index (χ4n) is 1.14. The standard InChI is InChI=1S/C11H23NO/c1-4-6-8-11(3)12-9-7-10-13-5-2/h4,11-12H,1,5-10H2,2-3H3. The van der Waals surface area contributed by atoms with E-state index in [1.807, 2.05) is 13.0 Å². The molecule has 0 bridgehead atoms. The largest absolute Gasteiger partial charge is 0.382 e. The maximum Gasteiger partial charge on any atom is 0.0477 e. The van der Waals surface area contributed by atoms with E-state index >= 15 is 0 Å². The van der Waals surface area contributed by atoms with Crippen molar-refractivity contribution < 1.29 is 4.74 Å². The molecule has 2 nitrogen and oxygen atoms in total. The van der Waals surface area contributed by atoms with Crippen LogP contribution in [0.25, 0.3) is 0 Å². The maximum atomic E-state index is 5.24. The summed E-state index contributed by atoms with van der Waals surface area (Å²) in [4.78, 5) is 0. The van der Waals surface area contributed by atoms with Crippen molar-refractivity contribution >= 4 is 0 Å². The quantitative estimate of drug-likeness (QED) is 0.440. The van der Waals surface area contributed by atoms with E-state index < -0.39 is 0 Å². The van der Waals surface area contributed by atoms with E-state index in [0.29, 0.717) is 6.04 Å². The molecule has 0 aromatic carbocycles. The van der Waals surface area contributed by atoms with Crippen molar-refractivity contribution in [1.82, 2.24) is 5.32 Å². The first-order chi connectivity index (χ1) is 6.31. The molecule has 1 unspecified atom stereocenters. The molecular formula is C11H23NO. The second-order valence-electron chi connectivity index (χ2n) is 3.27. The van der Waals surface area contributed by atoms with Crippen LogP contribution in [0.2, 0.25) is 0 Å². The third-order valence-corrected chi connectivity index (χ3v) is 1.97. The summed E-state index contributed by atoms with van der Waals surface area (Å²) in [6, 6.07) is 0.597. The summed E-state index contributed by atoms with van der Waals surface area (Å²) in [7, 11) is 0. The van der Waals surface area contributed by atoms with Crippen molar-refractivity contribution in [3.8, 4) is 0 Å². The summed E-state index contributed by atoms with van der Waals surface area (Å²) >= 11 is 0. The van der Waals surface area contributed by atoms with Crippen LogP contribution in [0.5, 0.6) is 0 Å². The Bertz CT molecular complexity index is 115. The Labute approximate surface area is 82.4 Å². The lowest BCUT2D eigenvalue weighted by Crippen LogP contribution is -2.27. The number of nitrogens with one attached hydrogen (secondary N) is 1. The van der Waals surface area contributed by atoms with Crippen molar-refractivity contribution in [2.75, 3.05) is 19.8 Å². The minimum absolute atomic E-state index is 0.597. The molecule has 0 saturated heterocycles. The smallest absolute Gasteiger partial charge is 0.0477 e. The van der Waals surface area contributed by atoms with E-state index in [9.17, 15) is 0 Å². The molecule has 0 rings (SSSR count). The fraction of sp³-hybridized carbons (Fsp3) is 0.818. The van der Waals surface area contributed by atoms with E-state index in [-0.39, 0.29) is 0 Å². The van der Waals surface area contributed by atoms with Crippen LogP contribution in [0.3, 0.4) is 0 Å². The highest BCUT2D eigenvalue weighted by molar-refractivity contribution is 4.70. The average molecular weight is 185 g/mol. The van der Waals surface area contributed by atoms with Gasteiger partial charge in [-0.2, -0.15) is 0 Å². The summed E-state index contributed by atoms with van der Waals surface area (Å²) in [5.74, 6) is 0. The van der Waals surface area contributed by atoms with Crippen molar-refractivity contribution in [3.63, 3.8) is 0 Å². The number of rotatable bonds is 9. The molecule has 13 heavy (non-hydrogen) atoms. The van der Waals surface area contributed by atoms with Gasteiger partial charge in [-0.05, 0) is 39.7 Å². The molecule has 2 heteroatoms. The normalized spacial score (nSPS) is 12.8. The van der Waals surface area contributed by atoms with Gasteiger partial charge >= 0.3 is 0 Å². The molecule has 1 atom stereocenters. The van der Waals surface area contributed by atoms with Gasteiger partial charge in [-0.15, -0.1) is 6.58 Å². The van der Waals surface area contributed by atoms with Crippen LogP contribution in [0, 0.1) is 0 Å². The molecule has 78 valence electrons. The molecule has 0 aromatic heterocycles. The Balaban J connectivity index is 3.07. The molecule has 0 radical (unpaired) electrons. The lowest BCUT2D eigenvalue weighted by Gasteiger charge is -2.12. The van der Waals surface area contributed by atoms with Gasteiger partial charge in [0.1, 0.15) is 0 Å². The van der Waals surface area contributed by atoms with E-state index in [2.05, 4.69) is 18.8 Å². The zero-order chi connectivity index (χ0) is 9.94. The molecular weight excluding hydrogens is 162 g/mol. The highest BCUT2D eigenvalue weighted by atomic mass is 16.5. The van der Waals surface area contributed by atoms with Gasteiger partial charge in [0.15, 0.2) is 0 Å². The first-order valence-electron chi connectivity index (χ1n) is 5.23. The Hall–Kier alpha value is -0.340. The first-order valence-corrected chi connectivity index (χ1v) is 5.23. The third kappa shape index (κ3) is 9.57. The zero-order valence-electron chi connectivity index (χ0n) is 9.01. The van der Waals surface area contributed by atoms with Gasteiger partial charge in [0.2, 0.25) is 0 Å². The van der Waals surface area contributed by atoms with Crippen LogP contribution in [-0.4, -0.2) is 25.8 Å². The fourth-order valence-corrected chi connectivity index (χ4v) is 1.14. The first kappa shape index (κ1) is 12.7. The van der Waals surface area contributed by atoms with Gasteiger partial charge in [0.25, 0.3) is 0 Å². The summed E-state index contributed by atoms with van der Waals surface area (Å²) in [6.07, 6.45) is 5.35. The number of hydrogen-bond acceptors (Lipinski definition) is 2. The Morgan fingerprint density at radius 2 is 2.31 bits per heavy atom. The van der Waals surface area contributed by atoms with Gasteiger partial charge in [0.05, 0.1) is 0 Å². The second kappa shape index (κ2) is 9.75. The van der Waals surface area contributed by atoms with Crippen molar-refractivity contribution in [1.29, 1.82) is 0 Å². The zero-order valence-corrected chi connectivity index (χ0v) is 9.01. The summed E-state index contributed by atoms with van der Waals surface area (Å²) in [5, 5.41) is 3.45. The third-order valence-electron chi connectivity index (χ3n) is 1.97. The molecule has 0 aliphatic carbocycles. The van der Waals surface area contributed by atoms with Crippen LogP contribution >= 0.6 is 0 Å². The van der Waals surface area contributed by atoms with Crippen molar-refractivity contribution in [3.05, 3.63) is 12.7 Å². The van der Waals surface area contributed by atoms with Gasteiger partial charge in [0, 0.05) is 19.3 Å². The molecule has 0 fully saturated rings. The van der Waals surface area contributed by atoms with Crippen LogP contribution in [0.15, 0.2) is 12.7 Å². The minimum Gasteiger partial charge on any atom is -0.382 e. The van der Waals surface area contributed by atoms with Crippen LogP contribution in [-0.2, 0) is 4.74 Å². The van der Waals surface area contributed by atoms with Gasteiger partial charge in [-0.1, -0.05) is 6.08 Å². The molecule has 1 N–H and O–H groups in total. The number of hydrogen-bond donors (Lipinski definition) is 1. The van der Waals surface area contributed by atoms with Crippen LogP contribution in [0.1, 0.15) is 33.1 Å². The SMILES string of the molecule is C=CCCC(C)NCCCOCC. The average Bonchev–Trinajstić information content (AvgIpc) is 2.14. The molecule has 0 saturated carbocycles. The van der Waals surface area contributed by atoms with Gasteiger partial charge < -0.3 is 10.1 Å². The summed E-state index contributed by atoms with van der Waals surface area (Å²) < 4.78 is 5.24. The molecule has 0 amide bonds. The number of ether oxygens (including phenoxy) is 1. The lowest BCUT2D eigenvalue weighted by molar-refractivity contribution is 0.144. The highest BCUT2D eigenvalue weighted by Crippen LogP contribution is 1.96. The van der Waals surface area contributed by atoms with Crippen LogP contribution < -0.4 is 5.32 Å². The Morgan fingerprint density at radius 1 is 1.54 bits per heavy atom. The van der Waals surface area contributed by atoms with Crippen molar-refractivity contribution in [2.45, 2.75) is 39.2 Å². The lowest BCUT2D eigenvalue weighted by atomic mass is 10.2. The molecule has 0 aliphatic heterocycles. The Kier molecular flexibility index (Phi) is 9.49. The monoisotopic (exact) mass is 185 g/mol. The molecule has 0 aromatic rings. The van der Waals surface area contributed by atoms with E-state index in [4.69, 9.17) is 4.74 Å². The van der Waals surface area contributed by atoms with Gasteiger partial charge in [-0.3, -0.25) is 0 Å². The summed E-state index contributed by atoms with van der Waals surface area (Å²) in [6.45, 7) is 10.7. The maximum absolute atomic E-state index is 5.24. The molecule has 0 aliphatic rings. The Morgan fingerprint density at radius 3 is 2.92 bits per heavy atom. The summed E-state index contributed by atoms with van der Waals surface area (Å²) in [5.41, 5.74) is 0. The van der Waals surface area contributed by atoms with E-state index in [1.165, 1.54) is 6.42 Å². The molecule has 0 heterocycles. The predicted molar refractivity (Wildman–Crippen MR) is 58.0 cm³/mol. The van der Waals surface area contributed by atoms with Crippen molar-refractivity contribution in [2.24, 2.45) is 0 Å². The molecule has 0 spiro atoms. The van der Waals surface area contributed by atoms with Gasteiger partial charge in [-0.25, -0.2) is 0 Å². The van der Waals surface area contributed by atoms with Crippen LogP contribution in [0.4, 0.5) is 0 Å². The van der Waals surface area contributed by atoms with E-state index in [0.717, 1.165) is 32.6 Å². The van der Waals surface area contributed by atoms with E-state index in [1.54, 1.807) is 0 Å². The minimum atomic E-state index is 0.597. The predicted octanol–water partition coefficient (Wildman–Crippen LogP) is 2.36. The number of allylic oxidation sites excluding steroid dienone is 1. The second-order valence-corrected chi connectivity index (χ2v) is 3.27.